The van der Waals surface area contributed by atoms with Crippen LogP contribution >= 0.6 is 0 Å². The zero-order valence-corrected chi connectivity index (χ0v) is 44.8. The molecule has 0 N–H and O–H groups in total. The van der Waals surface area contributed by atoms with Gasteiger partial charge in [0, 0.05) is 34.1 Å². The number of hydrogen-bond donors (Lipinski definition) is 0. The normalized spacial score (nSPS) is 11.9. The summed E-state index contributed by atoms with van der Waals surface area (Å²) in [5.41, 5.74) is 31.6. The Labute approximate surface area is 477 Å². The lowest BCUT2D eigenvalue weighted by Gasteiger charge is -2.30. The van der Waals surface area contributed by atoms with Gasteiger partial charge in [0.05, 0.1) is 0 Å². The van der Waals surface area contributed by atoms with E-state index in [0.29, 0.717) is 0 Å². The number of nitrogens with zero attached hydrogens (tertiary/aromatic N) is 2. The Kier molecular flexibility index (Phi) is 10.3. The third kappa shape index (κ3) is 7.22. The summed E-state index contributed by atoms with van der Waals surface area (Å²) in [5.74, 6) is 0. The van der Waals surface area contributed by atoms with Crippen LogP contribution in [0, 0.1) is 0 Å². The number of rotatable bonds is 6. The van der Waals surface area contributed by atoms with Crippen LogP contribution in [0.1, 0.15) is 0 Å². The third-order valence-electron chi connectivity index (χ3n) is 17.5. The summed E-state index contributed by atoms with van der Waals surface area (Å²) in [4.78, 5) is 4.84. The summed E-state index contributed by atoms with van der Waals surface area (Å²) in [7, 11) is 0. The molecule has 0 radical (unpaired) electrons. The van der Waals surface area contributed by atoms with Crippen LogP contribution in [0.15, 0.2) is 303 Å². The molecule has 0 bridgehead atoms. The van der Waals surface area contributed by atoms with Crippen LogP contribution in [0.3, 0.4) is 0 Å². The van der Waals surface area contributed by atoms with Crippen molar-refractivity contribution < 1.29 is 0 Å². The van der Waals surface area contributed by atoms with Crippen molar-refractivity contribution in [3.8, 4) is 111 Å². The molecule has 0 saturated heterocycles. The molecule has 0 spiro atoms. The Morgan fingerprint density at radius 2 is 0.329 bits per heavy atom. The van der Waals surface area contributed by atoms with Crippen molar-refractivity contribution in [3.63, 3.8) is 0 Å². The highest BCUT2D eigenvalue weighted by Gasteiger charge is 2.28. The van der Waals surface area contributed by atoms with Crippen LogP contribution < -0.4 is 9.80 Å². The molecule has 14 aromatic rings. The van der Waals surface area contributed by atoms with E-state index in [2.05, 4.69) is 313 Å². The number of benzene rings is 14. The number of para-hydroxylation sites is 2. The van der Waals surface area contributed by atoms with E-state index in [1.54, 1.807) is 0 Å². The average Bonchev–Trinajstić information content (AvgIpc) is 3.24. The maximum absolute atomic E-state index is 2.42. The van der Waals surface area contributed by atoms with Gasteiger partial charge >= 0.3 is 0 Å². The molecule has 0 fully saturated rings. The summed E-state index contributed by atoms with van der Waals surface area (Å²) in [5, 5.41) is 4.87. The minimum Gasteiger partial charge on any atom is -0.310 e. The third-order valence-corrected chi connectivity index (χ3v) is 17.5. The van der Waals surface area contributed by atoms with Gasteiger partial charge in [-0.15, -0.1) is 0 Å². The van der Waals surface area contributed by atoms with E-state index in [-0.39, 0.29) is 0 Å². The van der Waals surface area contributed by atoms with Crippen LogP contribution in [0.2, 0.25) is 0 Å². The summed E-state index contributed by atoms with van der Waals surface area (Å²) >= 11 is 0. The lowest BCUT2D eigenvalue weighted by molar-refractivity contribution is 1.29. The van der Waals surface area contributed by atoms with Crippen molar-refractivity contribution in [2.75, 3.05) is 9.80 Å². The van der Waals surface area contributed by atoms with Crippen molar-refractivity contribution in [3.05, 3.63) is 303 Å². The van der Waals surface area contributed by atoms with E-state index in [4.69, 9.17) is 0 Å². The van der Waals surface area contributed by atoms with Crippen LogP contribution in [0.4, 0.5) is 34.1 Å². The van der Waals surface area contributed by atoms with Crippen molar-refractivity contribution >= 4 is 55.7 Å². The Hall–Kier alpha value is -10.8. The van der Waals surface area contributed by atoms with Gasteiger partial charge in [0.2, 0.25) is 0 Å². The Bertz CT molecular complexity index is 4610. The van der Waals surface area contributed by atoms with Gasteiger partial charge < -0.3 is 9.80 Å². The number of anilines is 6. The quantitative estimate of drug-likeness (QED) is 0.164. The smallest absolute Gasteiger partial charge is 0.0468 e. The van der Waals surface area contributed by atoms with E-state index in [0.717, 1.165) is 34.1 Å². The summed E-state index contributed by atoms with van der Waals surface area (Å²) in [6.07, 6.45) is 0. The second-order valence-electron chi connectivity index (χ2n) is 21.9. The van der Waals surface area contributed by atoms with Gasteiger partial charge in [0.15, 0.2) is 0 Å². The fourth-order valence-electron chi connectivity index (χ4n) is 13.7. The lowest BCUT2D eigenvalue weighted by Crippen LogP contribution is -2.10. The Morgan fingerprint density at radius 3 is 0.622 bits per heavy atom. The van der Waals surface area contributed by atoms with Gasteiger partial charge in [-0.05, 0) is 230 Å². The molecule has 3 aliphatic carbocycles. The minimum absolute atomic E-state index is 1.11. The maximum Gasteiger partial charge on any atom is 0.0468 e. The fourth-order valence-corrected chi connectivity index (χ4v) is 13.7. The van der Waals surface area contributed by atoms with Gasteiger partial charge in [-0.25, -0.2) is 0 Å². The molecule has 17 rings (SSSR count). The maximum atomic E-state index is 2.42. The molecule has 2 heteroatoms. The highest BCUT2D eigenvalue weighted by atomic mass is 15.1. The van der Waals surface area contributed by atoms with Crippen molar-refractivity contribution in [1.29, 1.82) is 0 Å². The molecular weight excluding hydrogens is 989 g/mol. The first-order valence-electron chi connectivity index (χ1n) is 28.4. The van der Waals surface area contributed by atoms with E-state index in [1.807, 2.05) is 0 Å². The van der Waals surface area contributed by atoms with Crippen LogP contribution in [0.5, 0.6) is 0 Å². The van der Waals surface area contributed by atoms with E-state index >= 15 is 0 Å². The van der Waals surface area contributed by atoms with Gasteiger partial charge in [-0.2, -0.15) is 0 Å². The van der Waals surface area contributed by atoms with E-state index in [1.165, 1.54) is 133 Å². The standard InChI is InChI=1S/C80H50N2/c1-3-19-55(20-4-1)81(59-39-41-73-69-31-13-11-27-65(69)61-23-7-9-25-63(61)67-29-15-17-33-71(67)79(73)49-59)57-37-35-51-45-75-76-46-52-36-38-58(44-54(52)48-78(76)77(75)47-53(51)43-57)82(56-21-5-2-6-22-56)60-40-42-74-70-32-14-12-28-66(70)62-24-8-10-26-64(62)68-30-16-18-34-72(68)80(74)50-60/h1-50H. The van der Waals surface area contributed by atoms with Crippen LogP contribution in [-0.2, 0) is 0 Å². The molecule has 2 nitrogen and oxygen atoms in total. The fraction of sp³-hybridized carbons (Fsp3) is 0. The second kappa shape index (κ2) is 18.4. The molecule has 0 aliphatic heterocycles. The summed E-state index contributed by atoms with van der Waals surface area (Å²) in [6.45, 7) is 0. The highest BCUT2D eigenvalue weighted by molar-refractivity contribution is 6.13. The lowest BCUT2D eigenvalue weighted by atomic mass is 9.78. The first-order valence-corrected chi connectivity index (χ1v) is 28.4. The second-order valence-corrected chi connectivity index (χ2v) is 21.9. The molecule has 0 unspecified atom stereocenters. The largest absolute Gasteiger partial charge is 0.310 e. The highest BCUT2D eigenvalue weighted by Crippen LogP contribution is 2.54. The Morgan fingerprint density at radius 1 is 0.122 bits per heavy atom. The topological polar surface area (TPSA) is 6.48 Å². The monoisotopic (exact) mass is 1040 g/mol. The first kappa shape index (κ1) is 46.1. The van der Waals surface area contributed by atoms with Crippen molar-refractivity contribution in [2.24, 2.45) is 0 Å². The van der Waals surface area contributed by atoms with Gasteiger partial charge in [0.25, 0.3) is 0 Å². The number of fused-ring (bicyclic) bond motifs is 22. The molecule has 0 aromatic heterocycles. The molecule has 380 valence electrons. The van der Waals surface area contributed by atoms with Crippen LogP contribution in [-0.4, -0.2) is 0 Å². The summed E-state index contributed by atoms with van der Waals surface area (Å²) < 4.78 is 0. The summed E-state index contributed by atoms with van der Waals surface area (Å²) in [6, 6.07) is 113. The molecule has 0 amide bonds. The molecular formula is C80H50N2. The Balaban J connectivity index is 0.768. The van der Waals surface area contributed by atoms with Gasteiger partial charge in [0.1, 0.15) is 0 Å². The number of hydrogen-bond acceptors (Lipinski definition) is 2. The predicted molar refractivity (Wildman–Crippen MR) is 346 cm³/mol. The van der Waals surface area contributed by atoms with Crippen LogP contribution in [0.25, 0.3) is 133 Å². The SMILES string of the molecule is c1ccc(N(c2ccc3c(c2)-c2ccccc2-c2ccccc2-c2ccccc2-3)c2ccc3cc4c(cc3c2)-c2cc3cc(N(c5ccccc5)c5ccc6c(c5)-c5ccccc5-c5ccccc5-c5ccccc5-6)ccc3cc2-4)cc1. The van der Waals surface area contributed by atoms with Gasteiger partial charge in [-0.3, -0.25) is 0 Å². The van der Waals surface area contributed by atoms with Crippen molar-refractivity contribution in [1.82, 2.24) is 0 Å². The zero-order chi connectivity index (χ0) is 53.8. The molecule has 0 heterocycles. The predicted octanol–water partition coefficient (Wildman–Crippen LogP) is 22.5. The average molecular weight is 1040 g/mol. The molecule has 3 aliphatic rings. The van der Waals surface area contributed by atoms with E-state index in [9.17, 15) is 0 Å². The van der Waals surface area contributed by atoms with Gasteiger partial charge in [-0.1, -0.05) is 206 Å². The molecule has 0 atom stereocenters. The molecule has 14 aromatic carbocycles. The minimum atomic E-state index is 1.11. The zero-order valence-electron chi connectivity index (χ0n) is 44.8. The molecule has 0 saturated carbocycles. The van der Waals surface area contributed by atoms with Crippen molar-refractivity contribution in [2.45, 2.75) is 0 Å². The molecule has 82 heavy (non-hydrogen) atoms. The first-order chi connectivity index (χ1) is 40.7. The van der Waals surface area contributed by atoms with E-state index < -0.39 is 0 Å².